The van der Waals surface area contributed by atoms with Crippen molar-refractivity contribution in [2.45, 2.75) is 20.0 Å². The second kappa shape index (κ2) is 6.49. The quantitative estimate of drug-likeness (QED) is 0.798. The topological polar surface area (TPSA) is 41.3 Å². The molecule has 2 heterocycles. The maximum atomic E-state index is 5.70. The van der Waals surface area contributed by atoms with E-state index in [9.17, 15) is 0 Å². The van der Waals surface area contributed by atoms with Gasteiger partial charge in [0.2, 0.25) is 5.89 Å². The van der Waals surface area contributed by atoms with Gasteiger partial charge in [-0.1, -0.05) is 35.9 Å². The third-order valence-electron chi connectivity index (χ3n) is 4.41. The summed E-state index contributed by atoms with van der Waals surface area (Å²) in [5.41, 5.74) is 5.82. The summed E-state index contributed by atoms with van der Waals surface area (Å²) in [6, 6.07) is 16.8. The van der Waals surface area contributed by atoms with E-state index in [0.29, 0.717) is 5.89 Å². The fourth-order valence-electron chi connectivity index (χ4n) is 3.09. The number of fused-ring (bicyclic) bond motifs is 1. The molecule has 0 saturated carbocycles. The maximum Gasteiger partial charge on any atom is 0.226 e. The van der Waals surface area contributed by atoms with Gasteiger partial charge in [0, 0.05) is 30.9 Å². The molecule has 0 atom stereocenters. The van der Waals surface area contributed by atoms with E-state index >= 15 is 0 Å². The average Bonchev–Trinajstić information content (AvgIpc) is 2.97. The highest BCUT2D eigenvalue weighted by Crippen LogP contribution is 2.25. The SMILES string of the molecule is Cc1ccc(-c2nc(CN3CCNCc4ccccc43)co2)cc1. The van der Waals surface area contributed by atoms with E-state index < -0.39 is 0 Å². The van der Waals surface area contributed by atoms with Crippen LogP contribution in [0.1, 0.15) is 16.8 Å². The number of oxazole rings is 1. The molecule has 24 heavy (non-hydrogen) atoms. The Morgan fingerprint density at radius 2 is 1.96 bits per heavy atom. The largest absolute Gasteiger partial charge is 0.444 e. The van der Waals surface area contributed by atoms with E-state index in [-0.39, 0.29) is 0 Å². The molecule has 0 fully saturated rings. The van der Waals surface area contributed by atoms with Crippen LogP contribution < -0.4 is 10.2 Å². The van der Waals surface area contributed by atoms with Crippen LogP contribution in [-0.2, 0) is 13.1 Å². The van der Waals surface area contributed by atoms with Crippen molar-refractivity contribution in [2.24, 2.45) is 0 Å². The number of hydrogen-bond donors (Lipinski definition) is 1. The Morgan fingerprint density at radius 3 is 2.83 bits per heavy atom. The molecule has 1 aromatic heterocycles. The summed E-state index contributed by atoms with van der Waals surface area (Å²) in [6.07, 6.45) is 1.77. The summed E-state index contributed by atoms with van der Waals surface area (Å²) in [7, 11) is 0. The zero-order chi connectivity index (χ0) is 16.4. The van der Waals surface area contributed by atoms with Gasteiger partial charge in [-0.2, -0.15) is 0 Å². The average molecular weight is 319 g/mol. The number of para-hydroxylation sites is 1. The molecule has 0 unspecified atom stereocenters. The molecule has 4 heteroatoms. The van der Waals surface area contributed by atoms with Crippen molar-refractivity contribution < 1.29 is 4.42 Å². The third kappa shape index (κ3) is 3.05. The summed E-state index contributed by atoms with van der Waals surface area (Å²) >= 11 is 0. The van der Waals surface area contributed by atoms with E-state index in [1.54, 1.807) is 6.26 Å². The van der Waals surface area contributed by atoms with Crippen LogP contribution in [0.15, 0.2) is 59.2 Å². The van der Waals surface area contributed by atoms with Gasteiger partial charge >= 0.3 is 0 Å². The number of nitrogens with zero attached hydrogens (tertiary/aromatic N) is 2. The van der Waals surface area contributed by atoms with Crippen LogP contribution in [0.4, 0.5) is 5.69 Å². The van der Waals surface area contributed by atoms with Crippen molar-refractivity contribution in [3.63, 3.8) is 0 Å². The van der Waals surface area contributed by atoms with Crippen molar-refractivity contribution in [3.05, 3.63) is 71.6 Å². The molecule has 2 aromatic carbocycles. The number of aryl methyl sites for hydroxylation is 1. The Bertz CT molecular complexity index is 823. The second-order valence-electron chi connectivity index (χ2n) is 6.24. The second-order valence-corrected chi connectivity index (χ2v) is 6.24. The molecule has 4 rings (SSSR count). The van der Waals surface area contributed by atoms with Gasteiger partial charge in [-0.15, -0.1) is 0 Å². The van der Waals surface area contributed by atoms with Crippen LogP contribution in [0.5, 0.6) is 0 Å². The molecule has 122 valence electrons. The van der Waals surface area contributed by atoms with Gasteiger partial charge in [-0.05, 0) is 30.7 Å². The summed E-state index contributed by atoms with van der Waals surface area (Å²) in [4.78, 5) is 7.05. The molecule has 0 aliphatic carbocycles. The minimum Gasteiger partial charge on any atom is -0.444 e. The first-order valence-corrected chi connectivity index (χ1v) is 8.34. The minimum atomic E-state index is 0.686. The molecule has 0 radical (unpaired) electrons. The van der Waals surface area contributed by atoms with E-state index in [4.69, 9.17) is 4.42 Å². The molecule has 0 spiro atoms. The Labute approximate surface area is 142 Å². The number of aromatic nitrogens is 1. The van der Waals surface area contributed by atoms with E-state index in [2.05, 4.69) is 70.7 Å². The smallest absolute Gasteiger partial charge is 0.226 e. The van der Waals surface area contributed by atoms with E-state index in [1.165, 1.54) is 16.8 Å². The van der Waals surface area contributed by atoms with Crippen LogP contribution in [0, 0.1) is 6.92 Å². The van der Waals surface area contributed by atoms with Crippen LogP contribution in [-0.4, -0.2) is 18.1 Å². The van der Waals surface area contributed by atoms with Gasteiger partial charge in [0.1, 0.15) is 6.26 Å². The van der Waals surface area contributed by atoms with Gasteiger partial charge in [0.15, 0.2) is 0 Å². The van der Waals surface area contributed by atoms with Gasteiger partial charge in [-0.25, -0.2) is 4.98 Å². The number of anilines is 1. The summed E-state index contributed by atoms with van der Waals surface area (Å²) in [6.45, 7) is 5.69. The Kier molecular flexibility index (Phi) is 4.05. The molecule has 0 amide bonds. The lowest BCUT2D eigenvalue weighted by Gasteiger charge is -2.23. The lowest BCUT2D eigenvalue weighted by molar-refractivity contribution is 0.572. The Balaban J connectivity index is 1.57. The van der Waals surface area contributed by atoms with Crippen LogP contribution >= 0.6 is 0 Å². The van der Waals surface area contributed by atoms with Crippen molar-refractivity contribution in [3.8, 4) is 11.5 Å². The normalized spacial score (nSPS) is 14.3. The van der Waals surface area contributed by atoms with Crippen LogP contribution in [0.3, 0.4) is 0 Å². The number of rotatable bonds is 3. The lowest BCUT2D eigenvalue weighted by Crippen LogP contribution is -2.28. The van der Waals surface area contributed by atoms with Crippen LogP contribution in [0.25, 0.3) is 11.5 Å². The van der Waals surface area contributed by atoms with Gasteiger partial charge < -0.3 is 14.6 Å². The van der Waals surface area contributed by atoms with Crippen molar-refractivity contribution in [1.29, 1.82) is 0 Å². The zero-order valence-electron chi connectivity index (χ0n) is 13.8. The highest BCUT2D eigenvalue weighted by molar-refractivity contribution is 5.56. The fraction of sp³-hybridized carbons (Fsp3) is 0.250. The first-order chi connectivity index (χ1) is 11.8. The summed E-state index contributed by atoms with van der Waals surface area (Å²) in [5.74, 6) is 0.686. The van der Waals surface area contributed by atoms with E-state index in [1.807, 2.05) is 0 Å². The Hall–Kier alpha value is -2.59. The number of benzene rings is 2. The van der Waals surface area contributed by atoms with E-state index in [0.717, 1.165) is 37.4 Å². The molecule has 0 bridgehead atoms. The molecule has 3 aromatic rings. The predicted octanol–water partition coefficient (Wildman–Crippen LogP) is 3.76. The molecule has 4 nitrogen and oxygen atoms in total. The van der Waals surface area contributed by atoms with Gasteiger partial charge in [0.25, 0.3) is 0 Å². The van der Waals surface area contributed by atoms with Crippen LogP contribution in [0.2, 0.25) is 0 Å². The first kappa shape index (κ1) is 15.0. The highest BCUT2D eigenvalue weighted by atomic mass is 16.3. The molecular weight excluding hydrogens is 298 g/mol. The minimum absolute atomic E-state index is 0.686. The molecule has 0 saturated heterocycles. The molecular formula is C20H21N3O. The summed E-state index contributed by atoms with van der Waals surface area (Å²) < 4.78 is 5.70. The summed E-state index contributed by atoms with van der Waals surface area (Å²) in [5, 5.41) is 3.47. The van der Waals surface area contributed by atoms with Crippen molar-refractivity contribution in [1.82, 2.24) is 10.3 Å². The maximum absolute atomic E-state index is 5.70. The molecule has 1 aliphatic heterocycles. The number of hydrogen-bond acceptors (Lipinski definition) is 4. The lowest BCUT2D eigenvalue weighted by atomic mass is 10.1. The Morgan fingerprint density at radius 1 is 1.12 bits per heavy atom. The van der Waals surface area contributed by atoms with Gasteiger partial charge in [-0.3, -0.25) is 0 Å². The highest BCUT2D eigenvalue weighted by Gasteiger charge is 2.16. The van der Waals surface area contributed by atoms with Crippen molar-refractivity contribution >= 4 is 5.69 Å². The predicted molar refractivity (Wildman–Crippen MR) is 95.9 cm³/mol. The first-order valence-electron chi connectivity index (χ1n) is 8.34. The van der Waals surface area contributed by atoms with Gasteiger partial charge in [0.05, 0.1) is 12.2 Å². The standard InChI is InChI=1S/C20H21N3O/c1-15-6-8-16(9-7-15)20-22-18(14-24-20)13-23-11-10-21-12-17-4-2-3-5-19(17)23/h2-9,14,21H,10-13H2,1H3. The third-order valence-corrected chi connectivity index (χ3v) is 4.41. The monoisotopic (exact) mass is 319 g/mol. The fourth-order valence-corrected chi connectivity index (χ4v) is 3.09. The zero-order valence-corrected chi connectivity index (χ0v) is 13.8. The number of nitrogens with one attached hydrogen (secondary N) is 1. The molecule has 1 N–H and O–H groups in total. The molecule has 1 aliphatic rings. The van der Waals surface area contributed by atoms with Crippen molar-refractivity contribution in [2.75, 3.05) is 18.0 Å².